The Morgan fingerprint density at radius 2 is 1.50 bits per heavy atom. The van der Waals surface area contributed by atoms with Crippen LogP contribution in [0.3, 0.4) is 0 Å². The molecule has 1 aliphatic heterocycles. The lowest BCUT2D eigenvalue weighted by Crippen LogP contribution is -2.59. The highest BCUT2D eigenvalue weighted by atomic mass is 16.7. The fraction of sp³-hybridized carbons (Fsp3) is 0.667. The van der Waals surface area contributed by atoms with E-state index in [4.69, 9.17) is 30.1 Å². The SMILES string of the molecule is C#CC[N+](C)(C)CC(=O)O[C@@H]1OC[C@H](OC(C)=O)[C@H](OC(C)=O)[C@H]1OC(C)=O. The van der Waals surface area contributed by atoms with Crippen LogP contribution >= 0.6 is 0 Å². The summed E-state index contributed by atoms with van der Waals surface area (Å²) in [6, 6.07) is 0. The van der Waals surface area contributed by atoms with Crippen LogP contribution in [0.25, 0.3) is 0 Å². The Hall–Kier alpha value is -2.64. The standard InChI is InChI=1S/C18H26NO9/c1-7-8-19(5,6)9-15(23)28-18-17(27-13(4)22)16(26-12(3)21)14(10-24-18)25-11(2)20/h1,14,16-18H,8-10H2,2-6H3/q+1/t14-,16-,17+,18-/m0/s1. The average Bonchev–Trinajstić information content (AvgIpc) is 2.50. The van der Waals surface area contributed by atoms with E-state index >= 15 is 0 Å². The number of hydrogen-bond acceptors (Lipinski definition) is 9. The van der Waals surface area contributed by atoms with Crippen molar-refractivity contribution in [1.82, 2.24) is 0 Å². The molecule has 0 radical (unpaired) electrons. The molecule has 0 unspecified atom stereocenters. The van der Waals surface area contributed by atoms with Crippen LogP contribution in [0.5, 0.6) is 0 Å². The van der Waals surface area contributed by atoms with Crippen LogP contribution in [0.15, 0.2) is 0 Å². The molecule has 0 aromatic rings. The van der Waals surface area contributed by atoms with Gasteiger partial charge in [-0.05, 0) is 5.92 Å². The maximum absolute atomic E-state index is 12.3. The Morgan fingerprint density at radius 3 is 2.00 bits per heavy atom. The lowest BCUT2D eigenvalue weighted by molar-refractivity contribution is -0.875. The molecule has 0 N–H and O–H groups in total. The third-order valence-corrected chi connectivity index (χ3v) is 3.63. The minimum absolute atomic E-state index is 0.0670. The van der Waals surface area contributed by atoms with E-state index < -0.39 is 48.5 Å². The fourth-order valence-electron chi connectivity index (χ4n) is 2.63. The minimum Gasteiger partial charge on any atom is -0.456 e. The van der Waals surface area contributed by atoms with Gasteiger partial charge in [0.15, 0.2) is 18.8 Å². The van der Waals surface area contributed by atoms with Crippen molar-refractivity contribution in [2.24, 2.45) is 0 Å². The van der Waals surface area contributed by atoms with Crippen molar-refractivity contribution in [3.63, 3.8) is 0 Å². The summed E-state index contributed by atoms with van der Waals surface area (Å²) in [7, 11) is 3.48. The number of nitrogens with zero attached hydrogens (tertiary/aromatic N) is 1. The van der Waals surface area contributed by atoms with Crippen molar-refractivity contribution in [3.8, 4) is 12.3 Å². The minimum atomic E-state index is -1.35. The molecule has 0 aromatic carbocycles. The van der Waals surface area contributed by atoms with E-state index in [-0.39, 0.29) is 17.6 Å². The van der Waals surface area contributed by atoms with Crippen LogP contribution in [-0.2, 0) is 42.9 Å². The number of quaternary nitrogens is 1. The molecule has 0 aromatic heterocycles. The molecule has 10 heteroatoms. The summed E-state index contributed by atoms with van der Waals surface area (Å²) >= 11 is 0. The van der Waals surface area contributed by atoms with Gasteiger partial charge in [0.25, 0.3) is 0 Å². The second-order valence-corrected chi connectivity index (χ2v) is 6.94. The molecular weight excluding hydrogens is 374 g/mol. The van der Waals surface area contributed by atoms with E-state index in [0.29, 0.717) is 6.54 Å². The summed E-state index contributed by atoms with van der Waals surface area (Å²) in [5.74, 6) is -0.257. The molecule has 0 aliphatic carbocycles. The smallest absolute Gasteiger partial charge is 0.364 e. The Labute approximate surface area is 163 Å². The van der Waals surface area contributed by atoms with E-state index in [1.807, 2.05) is 0 Å². The molecule has 4 atom stereocenters. The topological polar surface area (TPSA) is 114 Å². The Balaban J connectivity index is 3.01. The number of likely N-dealkylation sites (N-methyl/N-ethyl adjacent to an activating group) is 1. The van der Waals surface area contributed by atoms with Crippen LogP contribution in [-0.4, -0.2) is 86.8 Å². The zero-order valence-electron chi connectivity index (χ0n) is 16.6. The highest BCUT2D eigenvalue weighted by Crippen LogP contribution is 2.25. The lowest BCUT2D eigenvalue weighted by atomic mass is 10.0. The third kappa shape index (κ3) is 7.54. The first-order valence-electron chi connectivity index (χ1n) is 8.53. The predicted molar refractivity (Wildman–Crippen MR) is 93.2 cm³/mol. The van der Waals surface area contributed by atoms with Gasteiger partial charge < -0.3 is 28.2 Å². The van der Waals surface area contributed by atoms with Crippen molar-refractivity contribution in [2.45, 2.75) is 45.4 Å². The van der Waals surface area contributed by atoms with E-state index in [2.05, 4.69) is 5.92 Å². The predicted octanol–water partition coefficient (Wildman–Crippen LogP) is -0.609. The monoisotopic (exact) mass is 400 g/mol. The van der Waals surface area contributed by atoms with Crippen molar-refractivity contribution in [1.29, 1.82) is 0 Å². The molecular formula is C18H26NO9+. The van der Waals surface area contributed by atoms with Gasteiger partial charge in [-0.15, -0.1) is 6.42 Å². The largest absolute Gasteiger partial charge is 0.456 e. The number of rotatable bonds is 7. The highest BCUT2D eigenvalue weighted by molar-refractivity contribution is 5.71. The van der Waals surface area contributed by atoms with Gasteiger partial charge >= 0.3 is 23.9 Å². The summed E-state index contributed by atoms with van der Waals surface area (Å²) in [4.78, 5) is 46.6. The average molecular weight is 400 g/mol. The van der Waals surface area contributed by atoms with Gasteiger partial charge in [0, 0.05) is 20.8 Å². The van der Waals surface area contributed by atoms with Gasteiger partial charge in [0.1, 0.15) is 6.54 Å². The van der Waals surface area contributed by atoms with Crippen LogP contribution in [0, 0.1) is 12.3 Å². The highest BCUT2D eigenvalue weighted by Gasteiger charge is 2.49. The normalized spacial score (nSPS) is 24.4. The summed E-state index contributed by atoms with van der Waals surface area (Å²) in [6.07, 6.45) is 0.383. The molecule has 1 fully saturated rings. The van der Waals surface area contributed by atoms with Crippen molar-refractivity contribution in [3.05, 3.63) is 0 Å². The first-order chi connectivity index (χ1) is 12.9. The number of carbonyl (C=O) groups is 4. The van der Waals surface area contributed by atoms with E-state index in [9.17, 15) is 19.2 Å². The maximum Gasteiger partial charge on any atom is 0.364 e. The zero-order valence-corrected chi connectivity index (χ0v) is 16.6. The van der Waals surface area contributed by atoms with Crippen molar-refractivity contribution < 1.29 is 47.3 Å². The van der Waals surface area contributed by atoms with Gasteiger partial charge in [-0.25, -0.2) is 4.79 Å². The maximum atomic E-state index is 12.3. The fourth-order valence-corrected chi connectivity index (χ4v) is 2.63. The molecule has 1 aliphatic rings. The molecule has 0 bridgehead atoms. The first-order valence-corrected chi connectivity index (χ1v) is 8.53. The second-order valence-electron chi connectivity index (χ2n) is 6.94. The molecule has 0 amide bonds. The van der Waals surface area contributed by atoms with Gasteiger partial charge in [0.05, 0.1) is 20.7 Å². The number of ether oxygens (including phenoxy) is 5. The van der Waals surface area contributed by atoms with Crippen LogP contribution in [0.1, 0.15) is 20.8 Å². The molecule has 0 spiro atoms. The summed E-state index contributed by atoms with van der Waals surface area (Å²) < 4.78 is 26.3. The van der Waals surface area contributed by atoms with Crippen LogP contribution in [0.4, 0.5) is 0 Å². The molecule has 10 nitrogen and oxygen atoms in total. The number of esters is 4. The molecule has 1 saturated heterocycles. The lowest BCUT2D eigenvalue weighted by Gasteiger charge is -2.39. The molecule has 0 saturated carbocycles. The Kier molecular flexibility index (Phi) is 8.40. The van der Waals surface area contributed by atoms with Crippen LogP contribution < -0.4 is 0 Å². The summed E-state index contributed by atoms with van der Waals surface area (Å²) in [5.41, 5.74) is 0. The summed E-state index contributed by atoms with van der Waals surface area (Å²) in [6.45, 7) is 3.44. The number of carbonyl (C=O) groups excluding carboxylic acids is 4. The first kappa shape index (κ1) is 23.4. The van der Waals surface area contributed by atoms with Gasteiger partial charge in [-0.3, -0.25) is 14.4 Å². The van der Waals surface area contributed by atoms with Gasteiger partial charge in [-0.2, -0.15) is 0 Å². The van der Waals surface area contributed by atoms with Crippen LogP contribution in [0.2, 0.25) is 0 Å². The molecule has 156 valence electrons. The van der Waals surface area contributed by atoms with E-state index in [1.165, 1.54) is 6.92 Å². The molecule has 28 heavy (non-hydrogen) atoms. The molecule has 1 heterocycles. The quantitative estimate of drug-likeness (QED) is 0.239. The second kappa shape index (κ2) is 10.1. The van der Waals surface area contributed by atoms with Gasteiger partial charge in [-0.1, -0.05) is 0 Å². The summed E-state index contributed by atoms with van der Waals surface area (Å²) in [5, 5.41) is 0. The Morgan fingerprint density at radius 1 is 0.964 bits per heavy atom. The number of terminal acetylenes is 1. The number of hydrogen-bond donors (Lipinski definition) is 0. The van der Waals surface area contributed by atoms with Crippen molar-refractivity contribution >= 4 is 23.9 Å². The zero-order chi connectivity index (χ0) is 21.5. The van der Waals surface area contributed by atoms with Gasteiger partial charge in [0.2, 0.25) is 12.4 Å². The van der Waals surface area contributed by atoms with E-state index in [0.717, 1.165) is 13.8 Å². The van der Waals surface area contributed by atoms with Crippen molar-refractivity contribution in [2.75, 3.05) is 33.8 Å². The Bertz CT molecular complexity index is 652. The molecule has 1 rings (SSSR count). The van der Waals surface area contributed by atoms with E-state index in [1.54, 1.807) is 14.1 Å². The third-order valence-electron chi connectivity index (χ3n) is 3.63.